The first-order chi connectivity index (χ1) is 11.6. The first-order valence-corrected chi connectivity index (χ1v) is 8.46. The first kappa shape index (κ1) is 23.4. The Morgan fingerprint density at radius 3 is 2.48 bits per heavy atom. The summed E-state index contributed by atoms with van der Waals surface area (Å²) in [6.07, 6.45) is 6.60. The van der Waals surface area contributed by atoms with Crippen molar-refractivity contribution in [1.29, 1.82) is 0 Å². The van der Waals surface area contributed by atoms with Crippen LogP contribution in [-0.2, 0) is 6.54 Å². The number of nitrogens with one attached hydrogen (secondary N) is 2. The van der Waals surface area contributed by atoms with Crippen molar-refractivity contribution in [2.75, 3.05) is 27.7 Å². The Morgan fingerprint density at radius 2 is 1.92 bits per heavy atom. The largest absolute Gasteiger partial charge is 0.355 e. The SMILES string of the molecule is C=CCCCCCN(C)C(=NC)NCc1ccc(C(=O)NC)cc1.I. The van der Waals surface area contributed by atoms with Gasteiger partial charge in [0.25, 0.3) is 5.91 Å². The smallest absolute Gasteiger partial charge is 0.251 e. The molecule has 0 saturated carbocycles. The molecule has 0 heterocycles. The summed E-state index contributed by atoms with van der Waals surface area (Å²) >= 11 is 0. The number of rotatable bonds is 9. The molecule has 0 spiro atoms. The molecule has 0 aliphatic carbocycles. The van der Waals surface area contributed by atoms with E-state index >= 15 is 0 Å². The minimum atomic E-state index is -0.0680. The molecular weight excluding hydrogens is 427 g/mol. The third-order valence-electron chi connectivity index (χ3n) is 3.87. The van der Waals surface area contributed by atoms with E-state index in [1.54, 1.807) is 14.1 Å². The molecule has 140 valence electrons. The Balaban J connectivity index is 0.00000576. The van der Waals surface area contributed by atoms with Crippen molar-refractivity contribution in [2.24, 2.45) is 4.99 Å². The van der Waals surface area contributed by atoms with Crippen molar-refractivity contribution in [1.82, 2.24) is 15.5 Å². The summed E-state index contributed by atoms with van der Waals surface area (Å²) in [5.41, 5.74) is 1.78. The quantitative estimate of drug-likeness (QED) is 0.196. The highest BCUT2D eigenvalue weighted by Gasteiger charge is 2.06. The average Bonchev–Trinajstić information content (AvgIpc) is 2.62. The van der Waals surface area contributed by atoms with E-state index in [2.05, 4.69) is 34.2 Å². The van der Waals surface area contributed by atoms with Crippen LogP contribution >= 0.6 is 24.0 Å². The van der Waals surface area contributed by atoms with E-state index in [9.17, 15) is 4.79 Å². The molecule has 0 aromatic heterocycles. The molecule has 1 aromatic rings. The molecule has 0 unspecified atom stereocenters. The molecule has 1 rings (SSSR count). The zero-order valence-corrected chi connectivity index (χ0v) is 17.9. The van der Waals surface area contributed by atoms with Gasteiger partial charge in [-0.25, -0.2) is 0 Å². The summed E-state index contributed by atoms with van der Waals surface area (Å²) in [7, 11) is 5.48. The number of amides is 1. The molecular formula is C19H31IN4O. The van der Waals surface area contributed by atoms with Crippen molar-refractivity contribution < 1.29 is 4.79 Å². The Bertz CT molecular complexity index is 543. The first-order valence-electron chi connectivity index (χ1n) is 8.46. The van der Waals surface area contributed by atoms with Gasteiger partial charge in [0.05, 0.1) is 0 Å². The summed E-state index contributed by atoms with van der Waals surface area (Å²) in [6.45, 7) is 5.41. The fourth-order valence-corrected chi connectivity index (χ4v) is 2.40. The van der Waals surface area contributed by atoms with Crippen LogP contribution in [0, 0.1) is 0 Å². The summed E-state index contributed by atoms with van der Waals surface area (Å²) in [4.78, 5) is 18.0. The molecule has 6 heteroatoms. The number of benzene rings is 1. The van der Waals surface area contributed by atoms with Gasteiger partial charge in [-0.15, -0.1) is 30.6 Å². The summed E-state index contributed by atoms with van der Waals surface area (Å²) in [5.74, 6) is 0.815. The molecule has 0 atom stereocenters. The molecule has 0 radical (unpaired) electrons. The zero-order chi connectivity index (χ0) is 17.8. The number of unbranched alkanes of at least 4 members (excludes halogenated alkanes) is 3. The number of aliphatic imine (C=N–C) groups is 1. The topological polar surface area (TPSA) is 56.7 Å². The van der Waals surface area contributed by atoms with Crippen molar-refractivity contribution in [3.05, 3.63) is 48.0 Å². The maximum Gasteiger partial charge on any atom is 0.251 e. The Labute approximate surface area is 169 Å². The monoisotopic (exact) mass is 458 g/mol. The number of halogens is 1. The number of hydrogen-bond acceptors (Lipinski definition) is 2. The molecule has 0 aliphatic rings. The van der Waals surface area contributed by atoms with Crippen molar-refractivity contribution >= 4 is 35.8 Å². The number of nitrogens with zero attached hydrogens (tertiary/aromatic N) is 2. The maximum atomic E-state index is 11.5. The van der Waals surface area contributed by atoms with Crippen LogP contribution in [0.1, 0.15) is 41.6 Å². The number of allylic oxidation sites excluding steroid dienone is 1. The van der Waals surface area contributed by atoms with Crippen LogP contribution in [0.5, 0.6) is 0 Å². The van der Waals surface area contributed by atoms with Crippen molar-refractivity contribution in [3.63, 3.8) is 0 Å². The second-order valence-corrected chi connectivity index (χ2v) is 5.74. The summed E-state index contributed by atoms with van der Waals surface area (Å²) in [5, 5.41) is 5.98. The minimum Gasteiger partial charge on any atom is -0.355 e. The minimum absolute atomic E-state index is 0. The summed E-state index contributed by atoms with van der Waals surface area (Å²) < 4.78 is 0. The molecule has 1 aromatic carbocycles. The van der Waals surface area contributed by atoms with Crippen molar-refractivity contribution in [2.45, 2.75) is 32.2 Å². The van der Waals surface area contributed by atoms with E-state index in [0.29, 0.717) is 12.1 Å². The predicted molar refractivity (Wildman–Crippen MR) is 117 cm³/mol. The van der Waals surface area contributed by atoms with Crippen LogP contribution in [0.15, 0.2) is 41.9 Å². The highest BCUT2D eigenvalue weighted by molar-refractivity contribution is 14.0. The average molecular weight is 458 g/mol. The van der Waals surface area contributed by atoms with Crippen molar-refractivity contribution in [3.8, 4) is 0 Å². The lowest BCUT2D eigenvalue weighted by atomic mass is 10.1. The molecule has 0 bridgehead atoms. The van der Waals surface area contributed by atoms with Gasteiger partial charge in [-0.3, -0.25) is 9.79 Å². The fraction of sp³-hybridized carbons (Fsp3) is 0.474. The summed E-state index contributed by atoms with van der Waals surface area (Å²) in [6, 6.07) is 7.59. The Kier molecular flexibility index (Phi) is 12.8. The number of carbonyl (C=O) groups excluding carboxylic acids is 1. The van der Waals surface area contributed by atoms with Gasteiger partial charge in [0.15, 0.2) is 5.96 Å². The maximum absolute atomic E-state index is 11.5. The second kappa shape index (κ2) is 13.7. The molecule has 1 amide bonds. The predicted octanol–water partition coefficient (Wildman–Crippen LogP) is 3.42. The van der Waals surface area contributed by atoms with E-state index in [0.717, 1.165) is 30.9 Å². The van der Waals surface area contributed by atoms with E-state index < -0.39 is 0 Å². The molecule has 25 heavy (non-hydrogen) atoms. The van der Waals surface area contributed by atoms with Crippen LogP contribution in [0.25, 0.3) is 0 Å². The fourth-order valence-electron chi connectivity index (χ4n) is 2.40. The van der Waals surface area contributed by atoms with Crippen LogP contribution in [0.3, 0.4) is 0 Å². The van der Waals surface area contributed by atoms with Gasteiger partial charge < -0.3 is 15.5 Å². The Hall–Kier alpha value is -1.57. The van der Waals surface area contributed by atoms with Crippen LogP contribution < -0.4 is 10.6 Å². The molecule has 0 aliphatic heterocycles. The molecule has 0 fully saturated rings. The van der Waals surface area contributed by atoms with Gasteiger partial charge in [0.2, 0.25) is 0 Å². The van der Waals surface area contributed by atoms with Crippen LogP contribution in [-0.4, -0.2) is 44.5 Å². The van der Waals surface area contributed by atoms with E-state index in [4.69, 9.17) is 0 Å². The van der Waals surface area contributed by atoms with E-state index in [1.807, 2.05) is 30.3 Å². The highest BCUT2D eigenvalue weighted by Crippen LogP contribution is 2.05. The molecule has 2 N–H and O–H groups in total. The number of carbonyl (C=O) groups is 1. The van der Waals surface area contributed by atoms with Gasteiger partial charge in [-0.1, -0.05) is 24.6 Å². The zero-order valence-electron chi connectivity index (χ0n) is 15.5. The molecule has 0 saturated heterocycles. The third kappa shape index (κ3) is 8.90. The van der Waals surface area contributed by atoms with Crippen LogP contribution in [0.4, 0.5) is 0 Å². The van der Waals surface area contributed by atoms with Gasteiger partial charge >= 0.3 is 0 Å². The lowest BCUT2D eigenvalue weighted by molar-refractivity contribution is 0.0963. The van der Waals surface area contributed by atoms with Gasteiger partial charge in [0.1, 0.15) is 0 Å². The van der Waals surface area contributed by atoms with Gasteiger partial charge in [-0.2, -0.15) is 0 Å². The third-order valence-corrected chi connectivity index (χ3v) is 3.87. The highest BCUT2D eigenvalue weighted by atomic mass is 127. The van der Waals surface area contributed by atoms with Gasteiger partial charge in [-0.05, 0) is 37.0 Å². The standard InChI is InChI=1S/C19H30N4O.HI/c1-5-6-7-8-9-14-23(4)19(21-3)22-15-16-10-12-17(13-11-16)18(24)20-2;/h5,10-13H,1,6-9,14-15H2,2-4H3,(H,20,24)(H,21,22);1H. The second-order valence-electron chi connectivity index (χ2n) is 5.74. The van der Waals surface area contributed by atoms with E-state index in [1.165, 1.54) is 12.8 Å². The lowest BCUT2D eigenvalue weighted by Crippen LogP contribution is -2.39. The van der Waals surface area contributed by atoms with E-state index in [-0.39, 0.29) is 29.9 Å². The lowest BCUT2D eigenvalue weighted by Gasteiger charge is -2.22. The normalized spacial score (nSPS) is 10.6. The van der Waals surface area contributed by atoms with Crippen LogP contribution in [0.2, 0.25) is 0 Å². The number of hydrogen-bond donors (Lipinski definition) is 2. The number of guanidine groups is 1. The molecule has 5 nitrogen and oxygen atoms in total. The Morgan fingerprint density at radius 1 is 1.24 bits per heavy atom. The van der Waals surface area contributed by atoms with Gasteiger partial charge in [0, 0.05) is 39.8 Å².